The summed E-state index contributed by atoms with van der Waals surface area (Å²) in [6.07, 6.45) is 1.84. The normalized spacial score (nSPS) is 33.4. The van der Waals surface area contributed by atoms with Gasteiger partial charge in [-0.2, -0.15) is 0 Å². The lowest BCUT2D eigenvalue weighted by Gasteiger charge is -2.24. The zero-order valence-corrected chi connectivity index (χ0v) is 7.79. The van der Waals surface area contributed by atoms with E-state index < -0.39 is 5.97 Å². The van der Waals surface area contributed by atoms with Crippen molar-refractivity contribution < 1.29 is 14.3 Å². The van der Waals surface area contributed by atoms with Crippen molar-refractivity contribution in [3.05, 3.63) is 11.1 Å². The van der Waals surface area contributed by atoms with E-state index in [0.29, 0.717) is 0 Å². The van der Waals surface area contributed by atoms with Crippen LogP contribution < -0.4 is 0 Å². The van der Waals surface area contributed by atoms with E-state index >= 15 is 0 Å². The molecule has 1 aliphatic heterocycles. The minimum atomic E-state index is -0.414. The summed E-state index contributed by atoms with van der Waals surface area (Å²) in [6.45, 7) is 3.77. The molecule has 0 aromatic carbocycles. The zero-order chi connectivity index (χ0) is 9.59. The molecule has 1 heterocycles. The predicted octanol–water partition coefficient (Wildman–Crippen LogP) is 1.43. The van der Waals surface area contributed by atoms with E-state index in [1.807, 2.05) is 13.8 Å². The zero-order valence-electron chi connectivity index (χ0n) is 7.79. The lowest BCUT2D eigenvalue weighted by atomic mass is 9.86. The summed E-state index contributed by atoms with van der Waals surface area (Å²) < 4.78 is 4.65. The third kappa shape index (κ3) is 1.10. The maximum atomic E-state index is 11.3. The van der Waals surface area contributed by atoms with Crippen molar-refractivity contribution in [2.45, 2.75) is 26.7 Å². The second kappa shape index (κ2) is 2.69. The van der Waals surface area contributed by atoms with Crippen LogP contribution in [0.3, 0.4) is 0 Å². The summed E-state index contributed by atoms with van der Waals surface area (Å²) in [5.74, 6) is -0.810. The molecule has 0 saturated carbocycles. The standard InChI is InChI=1S/C10H12O3/c1-5-3-4-7-6(2)9(11)13-10(12)8(5)7/h6-7H,3-4H2,1-2H3. The maximum Gasteiger partial charge on any atom is 0.341 e. The number of ether oxygens (including phenoxy) is 1. The molecule has 2 atom stereocenters. The van der Waals surface area contributed by atoms with Crippen molar-refractivity contribution in [1.82, 2.24) is 0 Å². The molecule has 0 N–H and O–H groups in total. The van der Waals surface area contributed by atoms with Crippen LogP contribution >= 0.6 is 0 Å². The molecule has 0 bridgehead atoms. The van der Waals surface area contributed by atoms with Gasteiger partial charge in [-0.3, -0.25) is 4.79 Å². The Morgan fingerprint density at radius 1 is 1.38 bits per heavy atom. The maximum absolute atomic E-state index is 11.3. The first kappa shape index (κ1) is 8.48. The van der Waals surface area contributed by atoms with Gasteiger partial charge in [0.2, 0.25) is 0 Å². The number of allylic oxidation sites excluding steroid dienone is 1. The molecule has 3 nitrogen and oxygen atoms in total. The molecule has 2 unspecified atom stereocenters. The van der Waals surface area contributed by atoms with Crippen molar-refractivity contribution in [2.24, 2.45) is 11.8 Å². The topological polar surface area (TPSA) is 43.4 Å². The minimum Gasteiger partial charge on any atom is -0.389 e. The number of fused-ring (bicyclic) bond motifs is 1. The molecule has 13 heavy (non-hydrogen) atoms. The van der Waals surface area contributed by atoms with Gasteiger partial charge in [0.25, 0.3) is 0 Å². The van der Waals surface area contributed by atoms with Crippen LogP contribution in [0.1, 0.15) is 26.7 Å². The number of cyclic esters (lactones) is 2. The molecule has 1 aliphatic carbocycles. The van der Waals surface area contributed by atoms with Crippen LogP contribution in [0.5, 0.6) is 0 Å². The lowest BCUT2D eigenvalue weighted by Crippen LogP contribution is -2.34. The van der Waals surface area contributed by atoms with Crippen LogP contribution in [-0.2, 0) is 14.3 Å². The highest BCUT2D eigenvalue weighted by atomic mass is 16.6. The van der Waals surface area contributed by atoms with Crippen molar-refractivity contribution >= 4 is 11.9 Å². The Morgan fingerprint density at radius 2 is 2.08 bits per heavy atom. The highest BCUT2D eigenvalue weighted by Gasteiger charge is 2.42. The van der Waals surface area contributed by atoms with Crippen LogP contribution in [0.15, 0.2) is 11.1 Å². The highest BCUT2D eigenvalue weighted by Crippen LogP contribution is 2.40. The molecule has 0 radical (unpaired) electrons. The van der Waals surface area contributed by atoms with Crippen LogP contribution in [0.4, 0.5) is 0 Å². The molecule has 2 aliphatic rings. The van der Waals surface area contributed by atoms with E-state index in [2.05, 4.69) is 4.74 Å². The van der Waals surface area contributed by atoms with Crippen LogP contribution in [0.2, 0.25) is 0 Å². The van der Waals surface area contributed by atoms with Crippen molar-refractivity contribution in [2.75, 3.05) is 0 Å². The van der Waals surface area contributed by atoms with Crippen LogP contribution in [0.25, 0.3) is 0 Å². The molecule has 1 saturated heterocycles. The second-order valence-electron chi connectivity index (χ2n) is 3.84. The molecule has 0 aromatic heterocycles. The fourth-order valence-electron chi connectivity index (χ4n) is 2.20. The molecule has 70 valence electrons. The van der Waals surface area contributed by atoms with Gasteiger partial charge in [0.1, 0.15) is 0 Å². The van der Waals surface area contributed by atoms with Gasteiger partial charge >= 0.3 is 11.9 Å². The van der Waals surface area contributed by atoms with Gasteiger partial charge in [-0.05, 0) is 19.8 Å². The Bertz CT molecular complexity index is 314. The summed E-state index contributed by atoms with van der Waals surface area (Å²) >= 11 is 0. The number of carbonyl (C=O) groups is 2. The van der Waals surface area contributed by atoms with Gasteiger partial charge in [-0.25, -0.2) is 4.79 Å². The van der Waals surface area contributed by atoms with E-state index in [4.69, 9.17) is 0 Å². The SMILES string of the molecule is CC1=C2C(=O)OC(=O)C(C)C2CC1. The van der Waals surface area contributed by atoms with Gasteiger partial charge < -0.3 is 4.74 Å². The summed E-state index contributed by atoms with van der Waals surface area (Å²) in [6, 6.07) is 0. The fourth-order valence-corrected chi connectivity index (χ4v) is 2.20. The predicted molar refractivity (Wildman–Crippen MR) is 45.7 cm³/mol. The Labute approximate surface area is 76.8 Å². The van der Waals surface area contributed by atoms with Crippen molar-refractivity contribution in [3.8, 4) is 0 Å². The van der Waals surface area contributed by atoms with Gasteiger partial charge in [-0.1, -0.05) is 12.5 Å². The molecule has 0 amide bonds. The first-order valence-corrected chi connectivity index (χ1v) is 4.57. The minimum absolute atomic E-state index is 0.119. The number of hydrogen-bond acceptors (Lipinski definition) is 3. The Kier molecular flexibility index (Phi) is 1.75. The fraction of sp³-hybridized carbons (Fsp3) is 0.600. The quantitative estimate of drug-likeness (QED) is 0.418. The molecular formula is C10H12O3. The summed E-state index contributed by atoms with van der Waals surface area (Å²) in [5, 5.41) is 0. The number of esters is 2. The van der Waals surface area contributed by atoms with E-state index in [1.54, 1.807) is 0 Å². The Morgan fingerprint density at radius 3 is 2.77 bits per heavy atom. The number of rotatable bonds is 0. The molecule has 0 spiro atoms. The molecular weight excluding hydrogens is 168 g/mol. The summed E-state index contributed by atoms with van der Waals surface area (Å²) in [5.41, 5.74) is 1.85. The Balaban J connectivity index is 2.39. The first-order valence-electron chi connectivity index (χ1n) is 4.57. The second-order valence-corrected chi connectivity index (χ2v) is 3.84. The average Bonchev–Trinajstić information content (AvgIpc) is 2.44. The van der Waals surface area contributed by atoms with Crippen LogP contribution in [0, 0.1) is 11.8 Å². The largest absolute Gasteiger partial charge is 0.389 e. The van der Waals surface area contributed by atoms with Gasteiger partial charge in [0.05, 0.1) is 5.92 Å². The average molecular weight is 180 g/mol. The van der Waals surface area contributed by atoms with Crippen molar-refractivity contribution in [3.63, 3.8) is 0 Å². The third-order valence-electron chi connectivity index (χ3n) is 3.05. The molecule has 2 rings (SSSR count). The summed E-state index contributed by atoms with van der Waals surface area (Å²) in [7, 11) is 0. The van der Waals surface area contributed by atoms with Gasteiger partial charge in [0.15, 0.2) is 0 Å². The monoisotopic (exact) mass is 180 g/mol. The molecule has 3 heteroatoms. The van der Waals surface area contributed by atoms with E-state index in [9.17, 15) is 9.59 Å². The van der Waals surface area contributed by atoms with E-state index in [0.717, 1.165) is 24.0 Å². The van der Waals surface area contributed by atoms with E-state index in [-0.39, 0.29) is 17.8 Å². The number of carbonyl (C=O) groups excluding carboxylic acids is 2. The molecule has 0 aromatic rings. The van der Waals surface area contributed by atoms with Gasteiger partial charge in [0, 0.05) is 11.5 Å². The number of hydrogen-bond donors (Lipinski definition) is 0. The van der Waals surface area contributed by atoms with E-state index in [1.165, 1.54) is 0 Å². The summed E-state index contributed by atoms with van der Waals surface area (Å²) in [4.78, 5) is 22.5. The smallest absolute Gasteiger partial charge is 0.341 e. The lowest BCUT2D eigenvalue weighted by molar-refractivity contribution is -0.164. The van der Waals surface area contributed by atoms with Crippen molar-refractivity contribution in [1.29, 1.82) is 0 Å². The third-order valence-corrected chi connectivity index (χ3v) is 3.05. The Hall–Kier alpha value is -1.12. The van der Waals surface area contributed by atoms with Gasteiger partial charge in [-0.15, -0.1) is 0 Å². The highest BCUT2D eigenvalue weighted by molar-refractivity contribution is 6.01. The molecule has 1 fully saturated rings. The van der Waals surface area contributed by atoms with Crippen LogP contribution in [-0.4, -0.2) is 11.9 Å². The first-order chi connectivity index (χ1) is 6.11.